The summed E-state index contributed by atoms with van der Waals surface area (Å²) < 4.78 is 0. The van der Waals surface area contributed by atoms with Crippen LogP contribution in [0.15, 0.2) is 0 Å². The fourth-order valence-corrected chi connectivity index (χ4v) is 0.567. The molecule has 0 rings (SSSR count). The molecule has 0 aliphatic heterocycles. The molecule has 126 valence electrons. The SMILES string of the molecule is O=C([O-])C(Cl)CCl.O=C([O-])C(Cl)CCl.O=C([O-])C(Cl)CCl.[Al+3]. The van der Waals surface area contributed by atoms with Gasteiger partial charge < -0.3 is 29.7 Å². The van der Waals surface area contributed by atoms with Gasteiger partial charge in [-0.1, -0.05) is 0 Å². The van der Waals surface area contributed by atoms with Gasteiger partial charge in [-0.15, -0.1) is 69.6 Å². The number of hydrogen-bond donors (Lipinski definition) is 0. The minimum absolute atomic E-state index is 0. The molecule has 0 aliphatic carbocycles. The summed E-state index contributed by atoms with van der Waals surface area (Å²) in [6.07, 6.45) is 0. The Bertz CT molecular complexity index is 273. The molecule has 0 heterocycles. The second-order valence-corrected chi connectivity index (χ2v) is 5.33. The van der Waals surface area contributed by atoms with Crippen molar-refractivity contribution in [1.82, 2.24) is 0 Å². The predicted octanol–water partition coefficient (Wildman–Crippen LogP) is -1.63. The molecule has 0 aromatic heterocycles. The van der Waals surface area contributed by atoms with Gasteiger partial charge in [0.1, 0.15) is 0 Å². The third-order valence-corrected chi connectivity index (χ3v) is 3.57. The van der Waals surface area contributed by atoms with Crippen LogP contribution in [-0.4, -0.2) is 69.0 Å². The summed E-state index contributed by atoms with van der Waals surface area (Å²) in [5.74, 6) is -4.29. The maximum absolute atomic E-state index is 9.60. The normalized spacial score (nSPS) is 12.8. The first kappa shape index (κ1) is 30.6. The minimum atomic E-state index is -1.32. The number of hydrogen-bond acceptors (Lipinski definition) is 6. The molecule has 22 heavy (non-hydrogen) atoms. The van der Waals surface area contributed by atoms with Crippen LogP contribution < -0.4 is 15.3 Å². The monoisotopic (exact) mass is 450 g/mol. The van der Waals surface area contributed by atoms with Crippen LogP contribution >= 0.6 is 69.6 Å². The van der Waals surface area contributed by atoms with Gasteiger partial charge in [-0.05, 0) is 0 Å². The van der Waals surface area contributed by atoms with E-state index in [9.17, 15) is 29.7 Å². The van der Waals surface area contributed by atoms with Gasteiger partial charge in [-0.25, -0.2) is 0 Å². The van der Waals surface area contributed by atoms with E-state index in [1.54, 1.807) is 0 Å². The molecule has 0 aromatic carbocycles. The Balaban J connectivity index is -0.000000108. The van der Waals surface area contributed by atoms with Crippen LogP contribution in [0.3, 0.4) is 0 Å². The summed E-state index contributed by atoms with van der Waals surface area (Å²) in [6.45, 7) is 0. The van der Waals surface area contributed by atoms with Gasteiger partial charge in [0.05, 0.1) is 34.0 Å². The van der Waals surface area contributed by atoms with Gasteiger partial charge in [-0.3, -0.25) is 0 Å². The Morgan fingerprint density at radius 1 is 0.636 bits per heavy atom. The summed E-state index contributed by atoms with van der Waals surface area (Å²) >= 11 is 30.0. The number of carbonyl (C=O) groups is 3. The molecule has 3 atom stereocenters. The van der Waals surface area contributed by atoms with E-state index in [1.807, 2.05) is 0 Å². The molecule has 0 amide bonds. The minimum Gasteiger partial charge on any atom is -0.548 e. The molecule has 6 nitrogen and oxygen atoms in total. The zero-order valence-electron chi connectivity index (χ0n) is 10.6. The predicted molar refractivity (Wildman–Crippen MR) is 81.9 cm³/mol. The van der Waals surface area contributed by atoms with Crippen LogP contribution in [0.4, 0.5) is 0 Å². The van der Waals surface area contributed by atoms with Gasteiger partial charge in [0.2, 0.25) is 0 Å². The van der Waals surface area contributed by atoms with Crippen molar-refractivity contribution in [2.24, 2.45) is 0 Å². The molecular formula is C9H9AlCl6O6. The summed E-state index contributed by atoms with van der Waals surface area (Å²) in [4.78, 5) is 28.8. The largest absolute Gasteiger partial charge is 3.00 e. The van der Waals surface area contributed by atoms with Crippen LogP contribution in [0.2, 0.25) is 0 Å². The first-order valence-corrected chi connectivity index (χ1v) is 7.68. The Hall–Kier alpha value is 0.682. The third kappa shape index (κ3) is 23.0. The molecule has 0 bridgehead atoms. The van der Waals surface area contributed by atoms with E-state index in [-0.39, 0.29) is 35.0 Å². The second-order valence-electron chi connectivity index (χ2n) is 2.82. The second kappa shape index (κ2) is 19.7. The Morgan fingerprint density at radius 2 is 0.773 bits per heavy atom. The van der Waals surface area contributed by atoms with Crippen molar-refractivity contribution < 1.29 is 29.7 Å². The number of carboxylic acids is 3. The number of aliphatic carboxylic acids is 3. The zero-order valence-corrected chi connectivity index (χ0v) is 16.3. The zero-order chi connectivity index (χ0) is 17.6. The van der Waals surface area contributed by atoms with Gasteiger partial charge in [-0.2, -0.15) is 0 Å². The Kier molecular flexibility index (Phi) is 27.4. The number of halogens is 6. The Labute approximate surface area is 167 Å². The van der Waals surface area contributed by atoms with Crippen molar-refractivity contribution in [3.63, 3.8) is 0 Å². The maximum Gasteiger partial charge on any atom is 3.00 e. The van der Waals surface area contributed by atoms with Crippen LogP contribution in [-0.2, 0) is 14.4 Å². The van der Waals surface area contributed by atoms with E-state index >= 15 is 0 Å². The van der Waals surface area contributed by atoms with Crippen molar-refractivity contribution in [3.05, 3.63) is 0 Å². The number of rotatable bonds is 6. The maximum atomic E-state index is 9.60. The first-order chi connectivity index (χ1) is 9.54. The van der Waals surface area contributed by atoms with Crippen LogP contribution in [0, 0.1) is 0 Å². The van der Waals surface area contributed by atoms with E-state index in [2.05, 4.69) is 0 Å². The topological polar surface area (TPSA) is 120 Å². The smallest absolute Gasteiger partial charge is 0.548 e. The summed E-state index contributed by atoms with van der Waals surface area (Å²) in [5.41, 5.74) is 0. The van der Waals surface area contributed by atoms with Crippen molar-refractivity contribution in [2.75, 3.05) is 17.6 Å². The fraction of sp³-hybridized carbons (Fsp3) is 0.667. The number of alkyl halides is 6. The van der Waals surface area contributed by atoms with Crippen LogP contribution in [0.5, 0.6) is 0 Å². The van der Waals surface area contributed by atoms with E-state index < -0.39 is 34.0 Å². The fourth-order valence-electron chi connectivity index (χ4n) is 0.189. The van der Waals surface area contributed by atoms with Crippen molar-refractivity contribution in [3.8, 4) is 0 Å². The van der Waals surface area contributed by atoms with Crippen molar-refractivity contribution in [1.29, 1.82) is 0 Å². The van der Waals surface area contributed by atoms with Crippen molar-refractivity contribution in [2.45, 2.75) is 16.1 Å². The first-order valence-electron chi connectivity index (χ1n) is 4.77. The summed E-state index contributed by atoms with van der Waals surface area (Å²) in [5, 5.41) is 25.6. The molecule has 0 aliphatic rings. The van der Waals surface area contributed by atoms with Gasteiger partial charge in [0, 0.05) is 17.6 Å². The molecule has 3 unspecified atom stereocenters. The molecule has 0 saturated heterocycles. The van der Waals surface area contributed by atoms with Gasteiger partial charge in [0.25, 0.3) is 0 Å². The number of carbonyl (C=O) groups excluding carboxylic acids is 3. The molecule has 0 fully saturated rings. The average Bonchev–Trinajstić information content (AvgIpc) is 2.45. The third-order valence-electron chi connectivity index (χ3n) is 1.17. The van der Waals surface area contributed by atoms with E-state index in [0.717, 1.165) is 0 Å². The molecule has 0 saturated carbocycles. The van der Waals surface area contributed by atoms with Crippen LogP contribution in [0.1, 0.15) is 0 Å². The molecular weight excluding hydrogens is 444 g/mol. The Morgan fingerprint density at radius 3 is 0.773 bits per heavy atom. The van der Waals surface area contributed by atoms with Crippen molar-refractivity contribution >= 4 is 105 Å². The van der Waals surface area contributed by atoms with Gasteiger partial charge in [0.15, 0.2) is 0 Å². The summed E-state index contributed by atoms with van der Waals surface area (Å²) in [6, 6.07) is 0. The van der Waals surface area contributed by atoms with E-state index in [0.29, 0.717) is 0 Å². The average molecular weight is 453 g/mol. The molecule has 0 radical (unpaired) electrons. The van der Waals surface area contributed by atoms with Gasteiger partial charge >= 0.3 is 17.4 Å². The molecule has 0 spiro atoms. The van der Waals surface area contributed by atoms with Crippen LogP contribution in [0.25, 0.3) is 0 Å². The van der Waals surface area contributed by atoms with E-state index in [4.69, 9.17) is 69.6 Å². The van der Waals surface area contributed by atoms with E-state index in [1.165, 1.54) is 0 Å². The number of carboxylic acid groups (broad SMARTS) is 3. The molecule has 0 aromatic rings. The quantitative estimate of drug-likeness (QED) is 0.352. The summed E-state index contributed by atoms with van der Waals surface area (Å²) in [7, 11) is 0. The molecule has 13 heteroatoms. The standard InChI is InChI=1S/3C3H4Cl2O2.Al/c3*4-1-2(5)3(6)7;/h3*2H,1H2,(H,6,7);/q;;;+3/p-3. The molecule has 0 N–H and O–H groups in total.